The predicted molar refractivity (Wildman–Crippen MR) is 51.6 cm³/mol. The van der Waals surface area contributed by atoms with E-state index in [4.69, 9.17) is 11.6 Å². The van der Waals surface area contributed by atoms with Crippen LogP contribution in [-0.2, 0) is 4.79 Å². The number of carbonyl (C=O) groups is 1. The van der Waals surface area contributed by atoms with Gasteiger partial charge in [0.2, 0.25) is 0 Å². The Labute approximate surface area is 85.4 Å². The van der Waals surface area contributed by atoms with E-state index < -0.39 is 0 Å². The first-order valence-electron chi connectivity index (χ1n) is 4.04. The number of piperidine rings is 1. The van der Waals surface area contributed by atoms with Crippen molar-refractivity contribution < 1.29 is 4.79 Å². The Bertz CT molecular complexity index is 243. The number of ketones is 1. The van der Waals surface area contributed by atoms with Crippen molar-refractivity contribution in [2.75, 3.05) is 13.6 Å². The molecule has 2 nitrogen and oxygen atoms in total. The zero-order chi connectivity index (χ0) is 9.09. The van der Waals surface area contributed by atoms with E-state index in [1.165, 1.54) is 0 Å². The normalized spacial score (nSPS) is 52.2. The molecule has 2 fully saturated rings. The maximum absolute atomic E-state index is 11.3. The molecule has 1 aliphatic heterocycles. The molecule has 12 heavy (non-hydrogen) atoms. The summed E-state index contributed by atoms with van der Waals surface area (Å²) in [5.74, 6) is 1.01. The summed E-state index contributed by atoms with van der Waals surface area (Å²) in [5, 5.41) is 0. The summed E-state index contributed by atoms with van der Waals surface area (Å²) in [6.45, 7) is 2.57. The Kier molecular flexibility index (Phi) is 1.84. The van der Waals surface area contributed by atoms with Gasteiger partial charge in [-0.3, -0.25) is 9.69 Å². The van der Waals surface area contributed by atoms with E-state index in [-0.39, 0.29) is 15.6 Å². The smallest absolute Gasteiger partial charge is 0.147 e. The number of carbonyl (C=O) groups excluding carboxylic acids is 1. The summed E-state index contributed by atoms with van der Waals surface area (Å²) < 4.78 is -0.282. The fourth-order valence-electron chi connectivity index (χ4n) is 2.34. The molecule has 0 aromatic heterocycles. The molecule has 4 atom stereocenters. The quantitative estimate of drug-likeness (QED) is 0.659. The molecule has 0 radical (unpaired) electrons. The largest absolute Gasteiger partial charge is 0.298 e. The number of alkyl halides is 2. The molecule has 2 aliphatic rings. The van der Waals surface area contributed by atoms with Crippen LogP contribution in [0.3, 0.4) is 0 Å². The minimum atomic E-state index is -0.282. The van der Waals surface area contributed by atoms with Gasteiger partial charge in [-0.05, 0) is 14.0 Å². The van der Waals surface area contributed by atoms with E-state index in [1.807, 2.05) is 7.05 Å². The molecule has 2 rings (SSSR count). The number of nitrogens with zero attached hydrogens (tertiary/aromatic N) is 1. The Morgan fingerprint density at radius 1 is 1.75 bits per heavy atom. The van der Waals surface area contributed by atoms with Crippen LogP contribution in [-0.4, -0.2) is 34.1 Å². The monoisotopic (exact) mass is 251 g/mol. The number of Topliss-reactive ketones (excluding diaryl/α,β-unsaturated/α-hetero) is 1. The molecule has 0 N–H and O–H groups in total. The van der Waals surface area contributed by atoms with Crippen molar-refractivity contribution in [1.82, 2.24) is 4.90 Å². The number of fused-ring (bicyclic) bond motifs is 1. The second kappa shape index (κ2) is 2.46. The van der Waals surface area contributed by atoms with Crippen LogP contribution in [0.25, 0.3) is 0 Å². The van der Waals surface area contributed by atoms with Crippen LogP contribution in [0.5, 0.6) is 0 Å². The van der Waals surface area contributed by atoms with Crippen molar-refractivity contribution in [1.29, 1.82) is 0 Å². The van der Waals surface area contributed by atoms with Crippen molar-refractivity contribution >= 4 is 33.3 Å². The fourth-order valence-corrected chi connectivity index (χ4v) is 3.62. The van der Waals surface area contributed by atoms with Gasteiger partial charge in [0.25, 0.3) is 0 Å². The van der Waals surface area contributed by atoms with Crippen LogP contribution in [0.2, 0.25) is 0 Å². The van der Waals surface area contributed by atoms with Gasteiger partial charge in [0.1, 0.15) is 9.57 Å². The highest BCUT2D eigenvalue weighted by Crippen LogP contribution is 2.66. The highest BCUT2D eigenvalue weighted by Gasteiger charge is 2.70. The van der Waals surface area contributed by atoms with E-state index in [0.717, 1.165) is 6.54 Å². The lowest BCUT2D eigenvalue weighted by Gasteiger charge is -2.23. The summed E-state index contributed by atoms with van der Waals surface area (Å²) in [7, 11) is 1.98. The molecule has 4 heteroatoms. The van der Waals surface area contributed by atoms with Crippen molar-refractivity contribution in [3.05, 3.63) is 0 Å². The second-order valence-corrected chi connectivity index (χ2v) is 6.20. The van der Waals surface area contributed by atoms with Gasteiger partial charge in [-0.2, -0.15) is 0 Å². The summed E-state index contributed by atoms with van der Waals surface area (Å²) in [4.78, 5) is 13.4. The lowest BCUT2D eigenvalue weighted by molar-refractivity contribution is -0.121. The molecule has 0 spiro atoms. The molecular formula is C8H11BrClNO. The number of likely N-dealkylation sites (tertiary alicyclic amines) is 1. The molecule has 0 aromatic carbocycles. The topological polar surface area (TPSA) is 20.3 Å². The molecule has 1 saturated heterocycles. The van der Waals surface area contributed by atoms with Crippen LogP contribution in [0.15, 0.2) is 0 Å². The molecule has 68 valence electrons. The zero-order valence-electron chi connectivity index (χ0n) is 7.05. The Balaban J connectivity index is 2.19. The Morgan fingerprint density at radius 2 is 2.33 bits per heavy atom. The van der Waals surface area contributed by atoms with E-state index in [2.05, 4.69) is 20.8 Å². The molecule has 1 heterocycles. The van der Waals surface area contributed by atoms with Crippen LogP contribution in [0.1, 0.15) is 6.92 Å². The van der Waals surface area contributed by atoms with Gasteiger partial charge in [0.15, 0.2) is 0 Å². The van der Waals surface area contributed by atoms with Crippen LogP contribution < -0.4 is 0 Å². The average Bonchev–Trinajstić information content (AvgIpc) is 2.40. The summed E-state index contributed by atoms with van der Waals surface area (Å²) in [5.41, 5.74) is 0. The van der Waals surface area contributed by atoms with E-state index >= 15 is 0 Å². The molecule has 1 unspecified atom stereocenters. The fraction of sp³-hybridized carbons (Fsp3) is 0.875. The van der Waals surface area contributed by atoms with Gasteiger partial charge in [-0.25, -0.2) is 0 Å². The third-order valence-electron chi connectivity index (χ3n) is 2.98. The van der Waals surface area contributed by atoms with Gasteiger partial charge in [0.05, 0.1) is 6.04 Å². The molecule has 1 aliphatic carbocycles. The van der Waals surface area contributed by atoms with Crippen molar-refractivity contribution in [3.63, 3.8) is 0 Å². The van der Waals surface area contributed by atoms with Gasteiger partial charge in [-0.15, -0.1) is 11.6 Å². The average molecular weight is 253 g/mol. The SMILES string of the molecule is CC(=O)[C@@H]1[C@@H]2[C@H](CN1C)C2(Cl)Br. The highest BCUT2D eigenvalue weighted by atomic mass is 79.9. The zero-order valence-corrected chi connectivity index (χ0v) is 9.39. The van der Waals surface area contributed by atoms with Gasteiger partial charge >= 0.3 is 0 Å². The first kappa shape index (κ1) is 8.97. The Morgan fingerprint density at radius 3 is 2.67 bits per heavy atom. The molecule has 0 aromatic rings. The van der Waals surface area contributed by atoms with E-state index in [9.17, 15) is 4.79 Å². The van der Waals surface area contributed by atoms with E-state index in [0.29, 0.717) is 11.8 Å². The number of rotatable bonds is 1. The maximum Gasteiger partial charge on any atom is 0.147 e. The summed E-state index contributed by atoms with van der Waals surface area (Å²) in [6.07, 6.45) is 0. The van der Waals surface area contributed by atoms with E-state index in [1.54, 1.807) is 6.92 Å². The minimum absolute atomic E-state index is 0.0341. The Hall–Kier alpha value is 0.400. The first-order valence-corrected chi connectivity index (χ1v) is 5.22. The van der Waals surface area contributed by atoms with Crippen molar-refractivity contribution in [2.45, 2.75) is 16.7 Å². The third kappa shape index (κ3) is 0.994. The highest BCUT2D eigenvalue weighted by molar-refractivity contribution is 9.10. The summed E-state index contributed by atoms with van der Waals surface area (Å²) >= 11 is 9.60. The lowest BCUT2D eigenvalue weighted by atomic mass is 10.1. The molecular weight excluding hydrogens is 241 g/mol. The summed E-state index contributed by atoms with van der Waals surface area (Å²) in [6, 6.07) is 0.0341. The molecule has 0 amide bonds. The number of hydrogen-bond acceptors (Lipinski definition) is 2. The predicted octanol–water partition coefficient (Wildman–Crippen LogP) is 1.47. The standard InChI is InChI=1S/C8H11BrClNO/c1-4(12)7-6-5(3-11(7)2)8(6,9)10/h5-7H,3H2,1-2H3/t5-,6-,7+,8?/m0/s1. The second-order valence-electron chi connectivity index (χ2n) is 3.80. The lowest BCUT2D eigenvalue weighted by Crippen LogP contribution is -2.38. The molecule has 0 bridgehead atoms. The van der Waals surface area contributed by atoms with Crippen LogP contribution in [0.4, 0.5) is 0 Å². The maximum atomic E-state index is 11.3. The van der Waals surface area contributed by atoms with Gasteiger partial charge in [-0.1, -0.05) is 15.9 Å². The molecule has 1 saturated carbocycles. The first-order chi connectivity index (χ1) is 5.46. The van der Waals surface area contributed by atoms with Crippen molar-refractivity contribution in [3.8, 4) is 0 Å². The van der Waals surface area contributed by atoms with Crippen LogP contribution in [0, 0.1) is 11.8 Å². The van der Waals surface area contributed by atoms with Gasteiger partial charge in [0, 0.05) is 18.4 Å². The van der Waals surface area contributed by atoms with Crippen molar-refractivity contribution in [2.24, 2.45) is 11.8 Å². The number of halogens is 2. The third-order valence-corrected chi connectivity index (χ3v) is 4.63. The number of hydrogen-bond donors (Lipinski definition) is 0. The van der Waals surface area contributed by atoms with Gasteiger partial charge < -0.3 is 0 Å². The number of likely N-dealkylation sites (N-methyl/N-ethyl adjacent to an activating group) is 1. The minimum Gasteiger partial charge on any atom is -0.298 e. The van der Waals surface area contributed by atoms with Crippen LogP contribution >= 0.6 is 27.5 Å².